The minimum atomic E-state index is 0.211. The molecule has 1 saturated heterocycles. The predicted molar refractivity (Wildman–Crippen MR) is 45.4 cm³/mol. The molecule has 0 radical (unpaired) electrons. The van der Waals surface area contributed by atoms with E-state index in [0.29, 0.717) is 6.54 Å². The van der Waals surface area contributed by atoms with Crippen molar-refractivity contribution in [1.29, 1.82) is 0 Å². The van der Waals surface area contributed by atoms with Gasteiger partial charge in [0.2, 0.25) is 0 Å². The summed E-state index contributed by atoms with van der Waals surface area (Å²) in [5.41, 5.74) is 5.82. The minimum Gasteiger partial charge on any atom is -0.380 e. The van der Waals surface area contributed by atoms with Gasteiger partial charge >= 0.3 is 0 Å². The highest BCUT2D eigenvalue weighted by Gasteiger charge is 2.36. The third-order valence-electron chi connectivity index (χ3n) is 2.04. The lowest BCUT2D eigenvalue weighted by molar-refractivity contribution is -0.104. The molecule has 3 N–H and O–H groups in total. The predicted octanol–water partition coefficient (Wildman–Crippen LogP) is -0.263. The van der Waals surface area contributed by atoms with Crippen LogP contribution in [0.3, 0.4) is 0 Å². The van der Waals surface area contributed by atoms with Gasteiger partial charge in [-0.3, -0.25) is 0 Å². The van der Waals surface area contributed by atoms with Crippen LogP contribution in [0.5, 0.6) is 0 Å². The fourth-order valence-corrected chi connectivity index (χ4v) is 1.12. The van der Waals surface area contributed by atoms with Crippen LogP contribution in [0.15, 0.2) is 12.7 Å². The molecule has 1 rings (SSSR count). The van der Waals surface area contributed by atoms with E-state index in [-0.39, 0.29) is 5.41 Å². The molecule has 0 aromatic heterocycles. The van der Waals surface area contributed by atoms with Crippen molar-refractivity contribution in [2.24, 2.45) is 11.1 Å². The molecule has 3 nitrogen and oxygen atoms in total. The lowest BCUT2D eigenvalue weighted by atomic mass is 9.86. The molecule has 0 aliphatic carbocycles. The van der Waals surface area contributed by atoms with Crippen molar-refractivity contribution in [1.82, 2.24) is 5.32 Å². The van der Waals surface area contributed by atoms with Gasteiger partial charge in [0, 0.05) is 25.0 Å². The maximum Gasteiger partial charge on any atom is 0.0569 e. The number of nitrogens with one attached hydrogen (secondary N) is 1. The Morgan fingerprint density at radius 3 is 2.73 bits per heavy atom. The number of nitrogens with two attached hydrogens (primary N) is 1. The van der Waals surface area contributed by atoms with Crippen molar-refractivity contribution in [2.45, 2.75) is 0 Å². The molecule has 1 aliphatic heterocycles. The zero-order valence-corrected chi connectivity index (χ0v) is 6.81. The molecule has 0 bridgehead atoms. The Labute approximate surface area is 67.6 Å². The smallest absolute Gasteiger partial charge is 0.0569 e. The molecule has 0 atom stereocenters. The number of hydrogen-bond donors (Lipinski definition) is 2. The normalized spacial score (nSPS) is 20.8. The van der Waals surface area contributed by atoms with E-state index < -0.39 is 0 Å². The molecule has 0 aromatic rings. The maximum absolute atomic E-state index is 5.61. The molecule has 1 heterocycles. The van der Waals surface area contributed by atoms with Gasteiger partial charge in [-0.25, -0.2) is 0 Å². The van der Waals surface area contributed by atoms with Gasteiger partial charge in [0.1, 0.15) is 0 Å². The van der Waals surface area contributed by atoms with E-state index in [4.69, 9.17) is 10.5 Å². The Hall–Kier alpha value is -0.380. The molecular formula is C8H16N2O. The van der Waals surface area contributed by atoms with Gasteiger partial charge < -0.3 is 15.8 Å². The van der Waals surface area contributed by atoms with E-state index in [1.807, 2.05) is 6.08 Å². The minimum absolute atomic E-state index is 0.211. The fraction of sp³-hybridized carbons (Fsp3) is 0.750. The quantitative estimate of drug-likeness (QED) is 0.426. The zero-order valence-electron chi connectivity index (χ0n) is 6.81. The molecule has 0 aromatic carbocycles. The van der Waals surface area contributed by atoms with Gasteiger partial charge in [-0.15, -0.1) is 6.58 Å². The highest BCUT2D eigenvalue weighted by molar-refractivity contribution is 4.89. The van der Waals surface area contributed by atoms with Gasteiger partial charge in [0.25, 0.3) is 0 Å². The molecule has 64 valence electrons. The standard InChI is InChI=1S/C8H16N2O/c1-2-3-10-5-8(4-9)6-11-7-8/h2,10H,1,3-7,9H2. The summed E-state index contributed by atoms with van der Waals surface area (Å²) >= 11 is 0. The number of hydrogen-bond acceptors (Lipinski definition) is 3. The van der Waals surface area contributed by atoms with E-state index in [1.165, 1.54) is 0 Å². The highest BCUT2D eigenvalue weighted by atomic mass is 16.5. The van der Waals surface area contributed by atoms with Crippen molar-refractivity contribution < 1.29 is 4.74 Å². The van der Waals surface area contributed by atoms with Gasteiger partial charge in [-0.2, -0.15) is 0 Å². The van der Waals surface area contributed by atoms with Gasteiger partial charge in [-0.05, 0) is 0 Å². The Kier molecular flexibility index (Phi) is 3.05. The van der Waals surface area contributed by atoms with Crippen LogP contribution >= 0.6 is 0 Å². The summed E-state index contributed by atoms with van der Waals surface area (Å²) < 4.78 is 5.11. The van der Waals surface area contributed by atoms with Crippen molar-refractivity contribution in [3.8, 4) is 0 Å². The first-order chi connectivity index (χ1) is 5.33. The Morgan fingerprint density at radius 2 is 2.36 bits per heavy atom. The summed E-state index contributed by atoms with van der Waals surface area (Å²) in [5, 5.41) is 3.25. The van der Waals surface area contributed by atoms with E-state index >= 15 is 0 Å². The van der Waals surface area contributed by atoms with Crippen LogP contribution in [-0.4, -0.2) is 32.8 Å². The second kappa shape index (κ2) is 3.85. The first kappa shape index (κ1) is 8.71. The van der Waals surface area contributed by atoms with Gasteiger partial charge in [0.15, 0.2) is 0 Å². The molecule has 0 spiro atoms. The number of rotatable bonds is 5. The fourth-order valence-electron chi connectivity index (χ4n) is 1.12. The molecule has 1 fully saturated rings. The second-order valence-corrected chi connectivity index (χ2v) is 3.12. The van der Waals surface area contributed by atoms with E-state index in [0.717, 1.165) is 26.3 Å². The van der Waals surface area contributed by atoms with Gasteiger partial charge in [0.05, 0.1) is 13.2 Å². The molecule has 0 unspecified atom stereocenters. The summed E-state index contributed by atoms with van der Waals surface area (Å²) in [6.45, 7) is 7.72. The summed E-state index contributed by atoms with van der Waals surface area (Å²) in [4.78, 5) is 0. The highest BCUT2D eigenvalue weighted by Crippen LogP contribution is 2.24. The lowest BCUT2D eigenvalue weighted by Gasteiger charge is -2.40. The Balaban J connectivity index is 2.16. The van der Waals surface area contributed by atoms with E-state index in [1.54, 1.807) is 0 Å². The summed E-state index contributed by atoms with van der Waals surface area (Å²) in [7, 11) is 0. The van der Waals surface area contributed by atoms with Crippen LogP contribution < -0.4 is 11.1 Å². The molecular weight excluding hydrogens is 140 g/mol. The Morgan fingerprint density at radius 1 is 1.64 bits per heavy atom. The molecule has 0 amide bonds. The van der Waals surface area contributed by atoms with Crippen LogP contribution in [0.25, 0.3) is 0 Å². The van der Waals surface area contributed by atoms with Crippen molar-refractivity contribution in [2.75, 3.05) is 32.8 Å². The average Bonchev–Trinajstić information content (AvgIpc) is 1.95. The van der Waals surface area contributed by atoms with Crippen LogP contribution in [0.4, 0.5) is 0 Å². The van der Waals surface area contributed by atoms with Crippen molar-refractivity contribution in [3.05, 3.63) is 12.7 Å². The molecule has 3 heteroatoms. The van der Waals surface area contributed by atoms with Gasteiger partial charge in [-0.1, -0.05) is 6.08 Å². The topological polar surface area (TPSA) is 47.3 Å². The molecule has 11 heavy (non-hydrogen) atoms. The first-order valence-corrected chi connectivity index (χ1v) is 3.92. The monoisotopic (exact) mass is 156 g/mol. The lowest BCUT2D eigenvalue weighted by Crippen LogP contribution is -2.54. The average molecular weight is 156 g/mol. The zero-order chi connectivity index (χ0) is 8.16. The number of ether oxygens (including phenoxy) is 1. The third kappa shape index (κ3) is 2.02. The largest absolute Gasteiger partial charge is 0.380 e. The van der Waals surface area contributed by atoms with Crippen LogP contribution in [0, 0.1) is 5.41 Å². The van der Waals surface area contributed by atoms with Crippen LogP contribution in [0.1, 0.15) is 0 Å². The van der Waals surface area contributed by atoms with Crippen LogP contribution in [-0.2, 0) is 4.74 Å². The summed E-state index contributed by atoms with van der Waals surface area (Å²) in [5.74, 6) is 0. The van der Waals surface area contributed by atoms with E-state index in [9.17, 15) is 0 Å². The Bertz CT molecular complexity index is 127. The summed E-state index contributed by atoms with van der Waals surface area (Å²) in [6.07, 6.45) is 1.85. The molecule has 1 aliphatic rings. The van der Waals surface area contributed by atoms with Crippen LogP contribution in [0.2, 0.25) is 0 Å². The third-order valence-corrected chi connectivity index (χ3v) is 2.04. The SMILES string of the molecule is C=CCNCC1(CN)COC1. The van der Waals surface area contributed by atoms with Crippen molar-refractivity contribution in [3.63, 3.8) is 0 Å². The van der Waals surface area contributed by atoms with Crippen molar-refractivity contribution >= 4 is 0 Å². The first-order valence-electron chi connectivity index (χ1n) is 3.92. The maximum atomic E-state index is 5.61. The summed E-state index contributed by atoms with van der Waals surface area (Å²) in [6, 6.07) is 0. The molecule has 0 saturated carbocycles. The van der Waals surface area contributed by atoms with E-state index in [2.05, 4.69) is 11.9 Å². The second-order valence-electron chi connectivity index (χ2n) is 3.12.